The van der Waals surface area contributed by atoms with Gasteiger partial charge in [-0.05, 0) is 86.3 Å². The number of benzene rings is 6. The Morgan fingerprint density at radius 1 is 0.514 bits per heavy atom. The molecule has 0 aliphatic heterocycles. The molecule has 20 nitrogen and oxygen atoms in total. The number of aromatic nitrogens is 2. The van der Waals surface area contributed by atoms with Crippen LogP contribution in [0.2, 0.25) is 0 Å². The first-order chi connectivity index (χ1) is 34.5. The molecule has 0 saturated carbocycles. The zero-order valence-electron chi connectivity index (χ0n) is 39.7. The van der Waals surface area contributed by atoms with Crippen molar-refractivity contribution in [3.63, 3.8) is 0 Å². The molecule has 2 aromatic heterocycles. The molecule has 8 rings (SSSR count). The van der Waals surface area contributed by atoms with Crippen LogP contribution in [-0.2, 0) is 29.8 Å². The molecule has 24 heteroatoms. The number of aliphatic carboxylic acids is 2. The van der Waals surface area contributed by atoms with E-state index in [0.717, 1.165) is 0 Å². The maximum Gasteiger partial charge on any atom is 1.00 e. The van der Waals surface area contributed by atoms with E-state index in [1.165, 1.54) is 24.5 Å². The van der Waals surface area contributed by atoms with Gasteiger partial charge in [-0.2, -0.15) is 16.8 Å². The molecule has 0 fully saturated rings. The number of rotatable bonds is 18. The third kappa shape index (κ3) is 15.2. The summed E-state index contributed by atoms with van der Waals surface area (Å²) in [5, 5.41) is 39.0. The number of fused-ring (bicyclic) bond motifs is 2. The number of carboxylic acid groups (broad SMARTS) is 2. The van der Waals surface area contributed by atoms with E-state index < -0.39 is 32.2 Å². The van der Waals surface area contributed by atoms with Crippen LogP contribution in [0.1, 0.15) is 25.7 Å². The van der Waals surface area contributed by atoms with Crippen LogP contribution in [0.25, 0.3) is 44.1 Å². The van der Waals surface area contributed by atoms with E-state index in [0.29, 0.717) is 69.0 Å². The number of para-hydroxylation sites is 2. The topological polar surface area (TPSA) is 335 Å². The van der Waals surface area contributed by atoms with Crippen molar-refractivity contribution in [2.75, 3.05) is 24.7 Å². The van der Waals surface area contributed by atoms with E-state index in [1.54, 1.807) is 97.1 Å². The maximum atomic E-state index is 11.9. The molecule has 8 aromatic rings. The Morgan fingerprint density at radius 2 is 0.865 bits per heavy atom. The number of carboxylic acids is 2. The molecule has 0 saturated heterocycles. The van der Waals surface area contributed by atoms with Gasteiger partial charge in [-0.3, -0.25) is 19.1 Å². The summed E-state index contributed by atoms with van der Waals surface area (Å²) in [5.41, 5.74) is 16.4. The number of pyridine rings is 2. The van der Waals surface area contributed by atoms with Gasteiger partial charge in [0.05, 0.1) is 48.4 Å². The smallest absolute Gasteiger partial charge is 0.550 e. The second-order valence-corrected chi connectivity index (χ2v) is 18.3. The van der Waals surface area contributed by atoms with E-state index in [2.05, 4.69) is 30.4 Å². The van der Waals surface area contributed by atoms with Crippen molar-refractivity contribution in [3.8, 4) is 34.0 Å². The van der Waals surface area contributed by atoms with Crippen LogP contribution in [0.15, 0.2) is 176 Å². The summed E-state index contributed by atoms with van der Waals surface area (Å²) in [6.45, 7) is 0.437. The van der Waals surface area contributed by atoms with Crippen molar-refractivity contribution in [3.05, 3.63) is 146 Å². The molecular weight excluding hydrogens is 1010 g/mol. The molecule has 0 aliphatic rings. The second kappa shape index (κ2) is 26.5. The van der Waals surface area contributed by atoms with Crippen LogP contribution in [0.5, 0.6) is 11.5 Å². The van der Waals surface area contributed by atoms with Crippen LogP contribution in [0.3, 0.4) is 0 Å². The minimum Gasteiger partial charge on any atom is -0.550 e. The molecule has 0 aliphatic carbocycles. The van der Waals surface area contributed by atoms with Crippen molar-refractivity contribution in [2.24, 2.45) is 20.5 Å². The Hall–Kier alpha value is -6.70. The van der Waals surface area contributed by atoms with Crippen LogP contribution in [-0.4, -0.2) is 61.1 Å². The fraction of sp³-hybridized carbons (Fsp3) is 0.120. The predicted octanol–water partition coefficient (Wildman–Crippen LogP) is 2.12. The first-order valence-electron chi connectivity index (χ1n) is 21.6. The SMILES string of the molecule is Nc1c(N=Nc2ccc(-c3ccccc3OCCCC(=O)[O-])nc2)cc(S(=O)(=O)O)c2ccccc12.Nc1c(N=Nc2ccc(-c3ccccc3OCCCC(=O)[O-])nc2)cc(S(=O)(=O)O)c2ccccc12.[Na+].[Na+]. The summed E-state index contributed by atoms with van der Waals surface area (Å²) in [6.07, 6.45) is 3.42. The van der Waals surface area contributed by atoms with Crippen molar-refractivity contribution < 1.29 is 114 Å². The van der Waals surface area contributed by atoms with Gasteiger partial charge in [0, 0.05) is 44.6 Å². The number of hydrogen-bond acceptors (Lipinski definition) is 18. The van der Waals surface area contributed by atoms with Crippen LogP contribution < -0.4 is 90.3 Å². The molecule has 2 heterocycles. The average molecular weight is 1060 g/mol. The zero-order valence-corrected chi connectivity index (χ0v) is 45.4. The first-order valence-corrected chi connectivity index (χ1v) is 24.5. The zero-order chi connectivity index (χ0) is 51.4. The van der Waals surface area contributed by atoms with E-state index in [1.807, 2.05) is 24.3 Å². The number of nitrogen functional groups attached to an aromatic ring is 2. The van der Waals surface area contributed by atoms with E-state index in [9.17, 15) is 45.7 Å². The number of anilines is 2. The number of hydrogen-bond donors (Lipinski definition) is 4. The van der Waals surface area contributed by atoms with Gasteiger partial charge in [0.2, 0.25) is 0 Å². The van der Waals surface area contributed by atoms with Gasteiger partial charge in [0.25, 0.3) is 20.2 Å². The van der Waals surface area contributed by atoms with E-state index >= 15 is 0 Å². The van der Waals surface area contributed by atoms with Crippen molar-refractivity contribution in [1.29, 1.82) is 0 Å². The van der Waals surface area contributed by atoms with Crippen molar-refractivity contribution >= 4 is 87.8 Å². The van der Waals surface area contributed by atoms with Crippen LogP contribution in [0.4, 0.5) is 34.1 Å². The van der Waals surface area contributed by atoms with E-state index in [4.69, 9.17) is 20.9 Å². The number of nitrogens with zero attached hydrogens (tertiary/aromatic N) is 6. The predicted molar refractivity (Wildman–Crippen MR) is 264 cm³/mol. The molecule has 0 unspecified atom stereocenters. The summed E-state index contributed by atoms with van der Waals surface area (Å²) in [4.78, 5) is 29.3. The molecule has 74 heavy (non-hydrogen) atoms. The Bertz CT molecular complexity index is 3360. The minimum atomic E-state index is -4.52. The standard InChI is InChI=1S/2C25H22N4O6S.2Na/c2*26-25-18-7-2-1-6-17(18)23(36(32,33)34)14-21(25)29-28-16-11-12-20(27-15-16)19-8-3-4-9-22(19)35-13-5-10-24(30)31;;/h2*1-4,6-9,11-12,14-15H,5,10,13,26H2,(H,30,31)(H,32,33,34);;/q;;2*+1/p-2. The molecule has 0 bridgehead atoms. The second-order valence-electron chi connectivity index (χ2n) is 15.5. The summed E-state index contributed by atoms with van der Waals surface area (Å²) < 4.78 is 78.3. The third-order valence-corrected chi connectivity index (χ3v) is 12.3. The fourth-order valence-corrected chi connectivity index (χ4v) is 8.56. The monoisotopic (exact) mass is 1060 g/mol. The summed E-state index contributed by atoms with van der Waals surface area (Å²) in [5.74, 6) is -1.14. The Balaban J connectivity index is 0.000000267. The molecular formula is C50H42N8Na2O12S2. The number of azo groups is 2. The van der Waals surface area contributed by atoms with Gasteiger partial charge in [-0.25, -0.2) is 0 Å². The molecule has 6 N–H and O–H groups in total. The average Bonchev–Trinajstić information content (AvgIpc) is 3.36. The Labute approximate surface area is 468 Å². The van der Waals surface area contributed by atoms with Gasteiger partial charge in [0.1, 0.15) is 44.0 Å². The Kier molecular flexibility index (Phi) is 20.8. The molecule has 0 amide bonds. The van der Waals surface area contributed by atoms with Gasteiger partial charge < -0.3 is 40.7 Å². The summed E-state index contributed by atoms with van der Waals surface area (Å²) in [7, 11) is -9.04. The third-order valence-electron chi connectivity index (χ3n) is 10.5. The number of nitrogens with two attached hydrogens (primary N) is 2. The largest absolute Gasteiger partial charge is 1.00 e. The normalized spacial score (nSPS) is 11.4. The molecule has 6 aromatic carbocycles. The van der Waals surface area contributed by atoms with Crippen LogP contribution in [0, 0.1) is 0 Å². The number of carbonyl (C=O) groups excluding carboxylic acids is 2. The number of carbonyl (C=O) groups is 2. The summed E-state index contributed by atoms with van der Waals surface area (Å²) >= 11 is 0. The molecule has 368 valence electrons. The quantitative estimate of drug-likeness (QED) is 0.0314. The summed E-state index contributed by atoms with van der Waals surface area (Å²) in [6, 6.07) is 36.6. The first kappa shape index (κ1) is 58.2. The minimum absolute atomic E-state index is 0. The van der Waals surface area contributed by atoms with Gasteiger partial charge in [-0.15, -0.1) is 20.5 Å². The van der Waals surface area contributed by atoms with Gasteiger partial charge in [0.15, 0.2) is 0 Å². The van der Waals surface area contributed by atoms with E-state index in [-0.39, 0.29) is 128 Å². The molecule has 0 spiro atoms. The van der Waals surface area contributed by atoms with Gasteiger partial charge >= 0.3 is 59.1 Å². The van der Waals surface area contributed by atoms with Crippen molar-refractivity contribution in [1.82, 2.24) is 9.97 Å². The molecule has 0 radical (unpaired) electrons. The maximum absolute atomic E-state index is 11.9. The number of ether oxygens (including phenoxy) is 2. The van der Waals surface area contributed by atoms with Gasteiger partial charge in [-0.1, -0.05) is 72.8 Å². The van der Waals surface area contributed by atoms with Crippen molar-refractivity contribution in [2.45, 2.75) is 35.5 Å². The molecule has 0 atom stereocenters. The fourth-order valence-electron chi connectivity index (χ4n) is 7.13. The Morgan fingerprint density at radius 3 is 1.20 bits per heavy atom. The van der Waals surface area contributed by atoms with Crippen LogP contribution >= 0.6 is 0 Å².